The van der Waals surface area contributed by atoms with Gasteiger partial charge >= 0.3 is 12.1 Å². The molecular formula is C20H22F3N3O3. The first-order valence-corrected chi connectivity index (χ1v) is 9.31. The molecule has 156 valence electrons. The summed E-state index contributed by atoms with van der Waals surface area (Å²) in [6, 6.07) is 4.59. The summed E-state index contributed by atoms with van der Waals surface area (Å²) in [4.78, 5) is 31.2. The number of ether oxygens (including phenoxy) is 1. The van der Waals surface area contributed by atoms with E-state index in [1.54, 1.807) is 18.3 Å². The average molecular weight is 409 g/mol. The number of hydrogen-bond acceptors (Lipinski definition) is 5. The predicted octanol–water partition coefficient (Wildman–Crippen LogP) is 3.70. The highest BCUT2D eigenvalue weighted by Crippen LogP contribution is 2.25. The molecule has 0 unspecified atom stereocenters. The molecule has 0 radical (unpaired) electrons. The van der Waals surface area contributed by atoms with E-state index >= 15 is 0 Å². The fourth-order valence-corrected chi connectivity index (χ4v) is 3.53. The Balaban J connectivity index is 1.70. The SMILES string of the molecule is Cc1cc(C(=O)COC(=O)c2cccnc2N2CCCC2)c(C)n1CC(F)(F)F. The minimum Gasteiger partial charge on any atom is -0.454 e. The number of esters is 1. The summed E-state index contributed by atoms with van der Waals surface area (Å²) >= 11 is 0. The molecule has 3 heterocycles. The van der Waals surface area contributed by atoms with E-state index in [1.807, 2.05) is 4.90 Å². The van der Waals surface area contributed by atoms with Gasteiger partial charge in [-0.3, -0.25) is 4.79 Å². The van der Waals surface area contributed by atoms with Crippen molar-refractivity contribution in [1.29, 1.82) is 0 Å². The van der Waals surface area contributed by atoms with Gasteiger partial charge in [0, 0.05) is 36.2 Å². The van der Waals surface area contributed by atoms with E-state index in [9.17, 15) is 22.8 Å². The van der Waals surface area contributed by atoms with E-state index in [2.05, 4.69) is 4.98 Å². The summed E-state index contributed by atoms with van der Waals surface area (Å²) < 4.78 is 44.4. The Morgan fingerprint density at radius 2 is 1.86 bits per heavy atom. The van der Waals surface area contributed by atoms with Gasteiger partial charge in [0.25, 0.3) is 0 Å². The Morgan fingerprint density at radius 1 is 1.17 bits per heavy atom. The van der Waals surface area contributed by atoms with Crippen LogP contribution in [0.4, 0.5) is 19.0 Å². The first kappa shape index (κ1) is 20.9. The number of alkyl halides is 3. The molecule has 29 heavy (non-hydrogen) atoms. The maximum absolute atomic E-state index is 12.7. The van der Waals surface area contributed by atoms with Gasteiger partial charge in [0.1, 0.15) is 17.9 Å². The lowest BCUT2D eigenvalue weighted by Gasteiger charge is -2.18. The minimum atomic E-state index is -4.40. The van der Waals surface area contributed by atoms with Gasteiger partial charge in [0.2, 0.25) is 5.78 Å². The van der Waals surface area contributed by atoms with Crippen LogP contribution in [0.25, 0.3) is 0 Å². The Bertz CT molecular complexity index is 915. The first-order chi connectivity index (χ1) is 13.7. The number of nitrogens with zero attached hydrogens (tertiary/aromatic N) is 3. The van der Waals surface area contributed by atoms with Crippen molar-refractivity contribution < 1.29 is 27.5 Å². The van der Waals surface area contributed by atoms with Crippen molar-refractivity contribution in [2.45, 2.75) is 39.4 Å². The van der Waals surface area contributed by atoms with Gasteiger partial charge in [0.05, 0.1) is 0 Å². The molecule has 2 aromatic rings. The third kappa shape index (κ3) is 4.78. The highest BCUT2D eigenvalue weighted by molar-refractivity contribution is 6.01. The second-order valence-electron chi connectivity index (χ2n) is 7.05. The van der Waals surface area contributed by atoms with Crippen molar-refractivity contribution in [3.05, 3.63) is 46.9 Å². The molecule has 0 aromatic carbocycles. The van der Waals surface area contributed by atoms with Gasteiger partial charge in [-0.2, -0.15) is 13.2 Å². The lowest BCUT2D eigenvalue weighted by Crippen LogP contribution is -2.23. The first-order valence-electron chi connectivity index (χ1n) is 9.31. The fourth-order valence-electron chi connectivity index (χ4n) is 3.53. The van der Waals surface area contributed by atoms with Crippen LogP contribution in [-0.2, 0) is 11.3 Å². The van der Waals surface area contributed by atoms with Crippen LogP contribution in [0.5, 0.6) is 0 Å². The quantitative estimate of drug-likeness (QED) is 0.538. The van der Waals surface area contributed by atoms with Crippen LogP contribution < -0.4 is 4.90 Å². The maximum Gasteiger partial charge on any atom is 0.406 e. The monoisotopic (exact) mass is 409 g/mol. The van der Waals surface area contributed by atoms with Crippen molar-refractivity contribution in [2.24, 2.45) is 0 Å². The van der Waals surface area contributed by atoms with Crippen LogP contribution in [0.3, 0.4) is 0 Å². The highest BCUT2D eigenvalue weighted by atomic mass is 19.4. The number of carbonyl (C=O) groups is 2. The van der Waals surface area contributed by atoms with Crippen LogP contribution in [0.2, 0.25) is 0 Å². The third-order valence-corrected chi connectivity index (χ3v) is 4.96. The molecule has 1 aliphatic rings. The number of rotatable bonds is 6. The van der Waals surface area contributed by atoms with Gasteiger partial charge in [-0.05, 0) is 44.9 Å². The average Bonchev–Trinajstić information content (AvgIpc) is 3.29. The number of aromatic nitrogens is 2. The van der Waals surface area contributed by atoms with Crippen LogP contribution in [0, 0.1) is 13.8 Å². The highest BCUT2D eigenvalue weighted by Gasteiger charge is 2.30. The Hall–Kier alpha value is -2.84. The summed E-state index contributed by atoms with van der Waals surface area (Å²) in [6.45, 7) is 2.80. The van der Waals surface area contributed by atoms with Gasteiger partial charge < -0.3 is 14.2 Å². The van der Waals surface area contributed by atoms with E-state index < -0.39 is 31.1 Å². The van der Waals surface area contributed by atoms with Gasteiger partial charge in [-0.25, -0.2) is 9.78 Å². The Labute approximate surface area is 166 Å². The van der Waals surface area contributed by atoms with Crippen molar-refractivity contribution in [3.8, 4) is 0 Å². The van der Waals surface area contributed by atoms with Crippen molar-refractivity contribution in [3.63, 3.8) is 0 Å². The summed E-state index contributed by atoms with van der Waals surface area (Å²) in [5.74, 6) is -0.713. The molecule has 0 N–H and O–H groups in total. The molecule has 6 nitrogen and oxygen atoms in total. The summed E-state index contributed by atoms with van der Waals surface area (Å²) in [5.41, 5.74) is 0.897. The Kier molecular flexibility index (Phi) is 5.95. The van der Waals surface area contributed by atoms with Gasteiger partial charge in [-0.1, -0.05) is 0 Å². The summed E-state index contributed by atoms with van der Waals surface area (Å²) in [6.07, 6.45) is -0.785. The molecule has 2 aromatic heterocycles. The molecule has 0 saturated carbocycles. The predicted molar refractivity (Wildman–Crippen MR) is 100 cm³/mol. The third-order valence-electron chi connectivity index (χ3n) is 4.96. The molecule has 3 rings (SSSR count). The lowest BCUT2D eigenvalue weighted by atomic mass is 10.1. The second-order valence-corrected chi connectivity index (χ2v) is 7.05. The lowest BCUT2D eigenvalue weighted by molar-refractivity contribution is -0.141. The number of halogens is 3. The maximum atomic E-state index is 12.7. The molecule has 1 aliphatic heterocycles. The van der Waals surface area contributed by atoms with Gasteiger partial charge in [-0.15, -0.1) is 0 Å². The zero-order chi connectivity index (χ0) is 21.2. The second kappa shape index (κ2) is 8.26. The van der Waals surface area contributed by atoms with Crippen molar-refractivity contribution in [1.82, 2.24) is 9.55 Å². The van der Waals surface area contributed by atoms with E-state index in [-0.39, 0.29) is 16.8 Å². The largest absolute Gasteiger partial charge is 0.454 e. The topological polar surface area (TPSA) is 64.4 Å². The smallest absolute Gasteiger partial charge is 0.406 e. The molecule has 1 fully saturated rings. The van der Waals surface area contributed by atoms with Gasteiger partial charge in [0.15, 0.2) is 6.61 Å². The van der Waals surface area contributed by atoms with Crippen LogP contribution in [0.1, 0.15) is 44.9 Å². The molecule has 9 heteroatoms. The number of hydrogen-bond donors (Lipinski definition) is 0. The fraction of sp³-hybridized carbons (Fsp3) is 0.450. The number of pyridine rings is 1. The van der Waals surface area contributed by atoms with E-state index in [4.69, 9.17) is 4.74 Å². The standard InChI is InChI=1S/C20H22F3N3O3/c1-13-10-16(14(2)26(13)12-20(21,22)23)17(27)11-29-19(28)15-6-5-7-24-18(15)25-8-3-4-9-25/h5-7,10H,3-4,8-9,11-12H2,1-2H3. The van der Waals surface area contributed by atoms with Crippen molar-refractivity contribution in [2.75, 3.05) is 24.6 Å². The molecule has 1 saturated heterocycles. The van der Waals surface area contributed by atoms with Crippen LogP contribution in [-0.4, -0.2) is 47.2 Å². The van der Waals surface area contributed by atoms with E-state index in [0.717, 1.165) is 30.5 Å². The van der Waals surface area contributed by atoms with E-state index in [1.165, 1.54) is 19.9 Å². The number of carbonyl (C=O) groups excluding carboxylic acids is 2. The van der Waals surface area contributed by atoms with Crippen LogP contribution in [0.15, 0.2) is 24.4 Å². The minimum absolute atomic E-state index is 0.116. The molecule has 0 spiro atoms. The molecule has 0 bridgehead atoms. The number of anilines is 1. The Morgan fingerprint density at radius 3 is 2.52 bits per heavy atom. The molecule has 0 amide bonds. The van der Waals surface area contributed by atoms with Crippen molar-refractivity contribution >= 4 is 17.6 Å². The molecule has 0 atom stereocenters. The summed E-state index contributed by atoms with van der Waals surface area (Å²) in [7, 11) is 0. The number of aryl methyl sites for hydroxylation is 1. The number of Topliss-reactive ketones (excluding diaryl/α,β-unsaturated/α-hetero) is 1. The zero-order valence-electron chi connectivity index (χ0n) is 16.3. The summed E-state index contributed by atoms with van der Waals surface area (Å²) in [5, 5.41) is 0. The normalized spacial score (nSPS) is 14.3. The molecular weight excluding hydrogens is 387 g/mol. The number of ketones is 1. The van der Waals surface area contributed by atoms with E-state index in [0.29, 0.717) is 11.5 Å². The molecule has 0 aliphatic carbocycles. The van der Waals surface area contributed by atoms with Crippen LogP contribution >= 0.6 is 0 Å². The zero-order valence-corrected chi connectivity index (χ0v) is 16.3.